The summed E-state index contributed by atoms with van der Waals surface area (Å²) in [5.41, 5.74) is -0.167. The van der Waals surface area contributed by atoms with Gasteiger partial charge in [-0.3, -0.25) is 9.56 Å². The molecule has 27 heavy (non-hydrogen) atoms. The Morgan fingerprint density at radius 3 is 2.00 bits per heavy atom. The summed E-state index contributed by atoms with van der Waals surface area (Å²) >= 11 is 0. The molecule has 14 heteroatoms. The topological polar surface area (TPSA) is 73.4 Å². The van der Waals surface area contributed by atoms with Crippen LogP contribution in [0, 0.1) is 12.7 Å². The van der Waals surface area contributed by atoms with Gasteiger partial charge in [0.1, 0.15) is 47.1 Å². The number of rotatable bonds is 4. The predicted octanol–water partition coefficient (Wildman–Crippen LogP) is -5.79. The smallest absolute Gasteiger partial charge is 0.293 e. The molecule has 0 atom stereocenters. The van der Waals surface area contributed by atoms with E-state index in [0.29, 0.717) is 10.2 Å². The van der Waals surface area contributed by atoms with Crippen LogP contribution in [-0.2, 0) is 15.3 Å². The van der Waals surface area contributed by atoms with E-state index in [1.54, 1.807) is 59.2 Å². The Labute approximate surface area is 163 Å². The lowest BCUT2D eigenvalue weighted by molar-refractivity contribution is 0.519. The minimum absolute atomic E-state index is 0.0874. The van der Waals surface area contributed by atoms with Gasteiger partial charge in [-0.15, -0.1) is 0 Å². The van der Waals surface area contributed by atoms with E-state index in [0.717, 1.165) is 10.1 Å². The van der Waals surface area contributed by atoms with Crippen LogP contribution in [0.15, 0.2) is 45.1 Å². The fraction of sp³-hybridized carbons (Fsp3) is 0.231. The zero-order valence-electron chi connectivity index (χ0n) is 16.7. The number of hydrogen-bond donors (Lipinski definition) is 0. The summed E-state index contributed by atoms with van der Waals surface area (Å²) < 4.78 is 42.3. The van der Waals surface area contributed by atoms with Crippen LogP contribution >= 0.6 is 0 Å². The van der Waals surface area contributed by atoms with Crippen molar-refractivity contribution in [2.24, 2.45) is 4.99 Å². The molecule has 0 amide bonds. The number of halogens is 1. The molecular formula is C13H20B6FN3O3S. The van der Waals surface area contributed by atoms with Gasteiger partial charge in [-0.05, 0) is 29.5 Å². The van der Waals surface area contributed by atoms with E-state index >= 15 is 0 Å². The van der Waals surface area contributed by atoms with Crippen molar-refractivity contribution >= 4 is 57.1 Å². The van der Waals surface area contributed by atoms with Crippen molar-refractivity contribution < 1.29 is 12.8 Å². The molecule has 2 rings (SSSR count). The first-order valence-corrected chi connectivity index (χ1v) is 10.0. The molecule has 0 fully saturated rings. The Morgan fingerprint density at radius 1 is 1.04 bits per heavy atom. The van der Waals surface area contributed by atoms with Crippen molar-refractivity contribution in [3.63, 3.8) is 0 Å². The lowest BCUT2D eigenvalue weighted by atomic mass is 9.49. The summed E-state index contributed by atoms with van der Waals surface area (Å²) in [5, 5.41) is -1.53. The van der Waals surface area contributed by atoms with Crippen LogP contribution in [0.25, 0.3) is 0 Å². The van der Waals surface area contributed by atoms with E-state index in [1.165, 1.54) is 12.1 Å². The zero-order chi connectivity index (χ0) is 20.8. The van der Waals surface area contributed by atoms with Crippen molar-refractivity contribution in [3.05, 3.63) is 57.8 Å². The largest absolute Gasteiger partial charge is 0.342 e. The molecule has 6 nitrogen and oxygen atoms in total. The van der Waals surface area contributed by atoms with Gasteiger partial charge >= 0.3 is 5.69 Å². The standard InChI is InChI=1S/C13H20B6FN3O3S/c1-7-2-4-8(5-3-7)27(25,26)22-6-9(20)10(21-12(14,15)16)23(11(22)24)13(17,18)19/h2-6H,14-19H2,1H3/b21-10+. The van der Waals surface area contributed by atoms with E-state index in [-0.39, 0.29) is 10.4 Å². The first-order chi connectivity index (χ1) is 12.1. The van der Waals surface area contributed by atoms with Crippen LogP contribution in [0.5, 0.6) is 0 Å². The quantitative estimate of drug-likeness (QED) is 0.495. The zero-order valence-corrected chi connectivity index (χ0v) is 17.6. The normalized spacial score (nSPS) is 13.6. The Bertz CT molecular complexity index is 1100. The van der Waals surface area contributed by atoms with Gasteiger partial charge in [0.05, 0.1) is 11.1 Å². The Hall–Kier alpha value is -1.83. The average molecular weight is 382 g/mol. The third-order valence-corrected chi connectivity index (χ3v) is 5.37. The van der Waals surface area contributed by atoms with Crippen molar-refractivity contribution in [2.45, 2.75) is 22.3 Å². The Kier molecular flexibility index (Phi) is 5.54. The van der Waals surface area contributed by atoms with Crippen LogP contribution in [-0.4, -0.2) is 69.3 Å². The number of aryl methyl sites for hydroxylation is 1. The van der Waals surface area contributed by atoms with Gasteiger partial charge in [0.25, 0.3) is 10.0 Å². The van der Waals surface area contributed by atoms with E-state index in [4.69, 9.17) is 0 Å². The molecule has 0 spiro atoms. The van der Waals surface area contributed by atoms with E-state index in [9.17, 15) is 17.6 Å². The minimum Gasteiger partial charge on any atom is -0.293 e. The molecule has 0 unspecified atom stereocenters. The number of benzene rings is 1. The molecule has 1 aromatic heterocycles. The highest BCUT2D eigenvalue weighted by molar-refractivity contribution is 7.90. The summed E-state index contributed by atoms with van der Waals surface area (Å²) in [4.78, 5) is 17.3. The highest BCUT2D eigenvalue weighted by Gasteiger charge is 2.27. The van der Waals surface area contributed by atoms with Crippen molar-refractivity contribution in [2.75, 3.05) is 0 Å². The fourth-order valence-corrected chi connectivity index (χ4v) is 3.76. The first-order valence-electron chi connectivity index (χ1n) is 8.57. The van der Waals surface area contributed by atoms with Gasteiger partial charge in [0.15, 0.2) is 11.3 Å². The van der Waals surface area contributed by atoms with Crippen molar-refractivity contribution in [3.8, 4) is 0 Å². The molecule has 1 heterocycles. The lowest BCUT2D eigenvalue weighted by Gasteiger charge is -2.25. The molecule has 136 valence electrons. The molecule has 0 bridgehead atoms. The minimum atomic E-state index is -4.25. The maximum atomic E-state index is 14.9. The molecule has 0 saturated heterocycles. The van der Waals surface area contributed by atoms with Crippen LogP contribution in [0.4, 0.5) is 4.39 Å². The Morgan fingerprint density at radius 2 is 1.56 bits per heavy atom. The van der Waals surface area contributed by atoms with Gasteiger partial charge in [-0.2, -0.15) is 3.97 Å². The third-order valence-electron chi connectivity index (χ3n) is 3.73. The van der Waals surface area contributed by atoms with Crippen LogP contribution in [0.1, 0.15) is 5.56 Å². The summed E-state index contributed by atoms with van der Waals surface area (Å²) in [7, 11) is 6.14. The summed E-state index contributed by atoms with van der Waals surface area (Å²) in [6.07, 6.45) is 0.699. The van der Waals surface area contributed by atoms with Crippen molar-refractivity contribution in [1.82, 2.24) is 8.54 Å². The highest BCUT2D eigenvalue weighted by Crippen LogP contribution is 2.13. The molecule has 0 aliphatic heterocycles. The van der Waals surface area contributed by atoms with E-state index in [2.05, 4.69) is 4.99 Å². The summed E-state index contributed by atoms with van der Waals surface area (Å²) in [5.74, 6) is -0.880. The summed E-state index contributed by atoms with van der Waals surface area (Å²) in [6.45, 7) is 1.82. The second kappa shape index (κ2) is 6.96. The molecule has 0 N–H and O–H groups in total. The number of hydrogen-bond acceptors (Lipinski definition) is 4. The van der Waals surface area contributed by atoms with Crippen LogP contribution in [0.2, 0.25) is 0 Å². The SMILES string of the molecule is BC(B)(B)/N=c1\c(F)cn(S(=O)(=O)c2ccc(C)cc2)c(=O)n1C(B)(B)B. The second-order valence-electron chi connectivity index (χ2n) is 8.49. The molecule has 1 aromatic carbocycles. The average Bonchev–Trinajstić information content (AvgIpc) is 2.48. The van der Waals surface area contributed by atoms with Crippen molar-refractivity contribution in [1.29, 1.82) is 0 Å². The highest BCUT2D eigenvalue weighted by atomic mass is 32.2. The van der Waals surface area contributed by atoms with Gasteiger partial charge in [-0.25, -0.2) is 17.6 Å². The molecular weight excluding hydrogens is 362 g/mol. The number of aromatic nitrogens is 2. The Balaban J connectivity index is 2.94. The van der Waals surface area contributed by atoms with Gasteiger partial charge in [-0.1, -0.05) is 17.7 Å². The van der Waals surface area contributed by atoms with Crippen LogP contribution in [0.3, 0.4) is 0 Å². The third kappa shape index (κ3) is 4.54. The van der Waals surface area contributed by atoms with Crippen LogP contribution < -0.4 is 11.2 Å². The van der Waals surface area contributed by atoms with E-state index in [1.807, 2.05) is 6.92 Å². The first kappa shape index (κ1) is 21.5. The maximum Gasteiger partial charge on any atom is 0.342 e. The maximum absolute atomic E-state index is 14.9. The molecule has 0 saturated carbocycles. The van der Waals surface area contributed by atoms with Gasteiger partial charge < -0.3 is 0 Å². The predicted molar refractivity (Wildman–Crippen MR) is 120 cm³/mol. The molecule has 2 aromatic rings. The molecule has 0 aliphatic carbocycles. The monoisotopic (exact) mass is 383 g/mol. The summed E-state index contributed by atoms with van der Waals surface area (Å²) in [6, 6.07) is 6.03. The fourth-order valence-electron chi connectivity index (χ4n) is 2.53. The van der Waals surface area contributed by atoms with E-state index < -0.39 is 32.0 Å². The lowest BCUT2D eigenvalue weighted by Crippen LogP contribution is -2.56. The molecule has 0 aliphatic rings. The van der Waals surface area contributed by atoms with Gasteiger partial charge in [0, 0.05) is 0 Å². The molecule has 0 radical (unpaired) electrons. The van der Waals surface area contributed by atoms with Gasteiger partial charge in [0.2, 0.25) is 0 Å². The number of nitrogens with zero attached hydrogens (tertiary/aromatic N) is 3. The second-order valence-corrected chi connectivity index (χ2v) is 10.3.